The van der Waals surface area contributed by atoms with Crippen LogP contribution in [0, 0.1) is 0 Å². The summed E-state index contributed by atoms with van der Waals surface area (Å²) in [5.74, 6) is -0.292. The van der Waals surface area contributed by atoms with Gasteiger partial charge in [0, 0.05) is 31.5 Å². The molecule has 1 unspecified atom stereocenters. The van der Waals surface area contributed by atoms with E-state index in [0.29, 0.717) is 36.8 Å². The van der Waals surface area contributed by atoms with Crippen LogP contribution < -0.4 is 0 Å². The Morgan fingerprint density at radius 2 is 1.97 bits per heavy atom. The molecule has 2 aliphatic rings. The fourth-order valence-corrected chi connectivity index (χ4v) is 4.57. The van der Waals surface area contributed by atoms with E-state index in [1.165, 1.54) is 23.8 Å². The number of piperidine rings is 1. The van der Waals surface area contributed by atoms with Gasteiger partial charge in [-0.15, -0.1) is 0 Å². The van der Waals surface area contributed by atoms with Crippen molar-refractivity contribution in [3.8, 4) is 11.4 Å². The van der Waals surface area contributed by atoms with E-state index < -0.39 is 18.1 Å². The number of methoxy groups -OCH3 is 1. The van der Waals surface area contributed by atoms with Gasteiger partial charge in [0.1, 0.15) is 6.61 Å². The third-order valence-electron chi connectivity index (χ3n) is 5.48. The summed E-state index contributed by atoms with van der Waals surface area (Å²) in [5.41, 5.74) is 1.45. The molecule has 2 aromatic heterocycles. The van der Waals surface area contributed by atoms with Gasteiger partial charge in [0.05, 0.1) is 24.3 Å². The predicted octanol–water partition coefficient (Wildman–Crippen LogP) is 1.62. The largest absolute Gasteiger partial charge is 0.467 e. The Bertz CT molecular complexity index is 984. The molecule has 2 aliphatic heterocycles. The molecule has 10 nitrogen and oxygen atoms in total. The van der Waals surface area contributed by atoms with E-state index >= 15 is 0 Å². The Labute approximate surface area is 189 Å². The van der Waals surface area contributed by atoms with Crippen LogP contribution in [0.2, 0.25) is 0 Å². The molecule has 2 fully saturated rings. The van der Waals surface area contributed by atoms with Crippen LogP contribution in [-0.2, 0) is 19.1 Å². The first-order valence-electron chi connectivity index (χ1n) is 10.2. The number of carbonyl (C=O) groups is 3. The molecule has 1 atom stereocenters. The first kappa shape index (κ1) is 22.0. The smallest absolute Gasteiger partial charge is 0.410 e. The van der Waals surface area contributed by atoms with Gasteiger partial charge in [-0.3, -0.25) is 14.7 Å². The molecule has 0 spiro atoms. The lowest BCUT2D eigenvalue weighted by Crippen LogP contribution is -2.52. The number of cyclic esters (lactones) is 1. The van der Waals surface area contributed by atoms with E-state index in [9.17, 15) is 14.4 Å². The van der Waals surface area contributed by atoms with Crippen molar-refractivity contribution in [2.75, 3.05) is 32.6 Å². The second-order valence-electron chi connectivity index (χ2n) is 7.36. The van der Waals surface area contributed by atoms with Crippen molar-refractivity contribution in [3.05, 3.63) is 36.7 Å². The summed E-state index contributed by atoms with van der Waals surface area (Å²) in [6.07, 6.45) is 4.00. The number of ether oxygens (including phenoxy) is 2. The molecule has 4 heterocycles. The topological polar surface area (TPSA) is 115 Å². The molecule has 2 amide bonds. The number of likely N-dealkylation sites (tertiary alicyclic amines) is 1. The summed E-state index contributed by atoms with van der Waals surface area (Å²) in [7, 11) is 1.29. The van der Waals surface area contributed by atoms with Crippen molar-refractivity contribution < 1.29 is 23.9 Å². The van der Waals surface area contributed by atoms with E-state index in [1.807, 2.05) is 18.2 Å². The van der Waals surface area contributed by atoms with Crippen molar-refractivity contribution in [1.82, 2.24) is 24.8 Å². The number of aromatic nitrogens is 3. The van der Waals surface area contributed by atoms with Gasteiger partial charge in [-0.1, -0.05) is 17.8 Å². The second kappa shape index (κ2) is 9.94. The Hall–Kier alpha value is -3.21. The minimum Gasteiger partial charge on any atom is -0.467 e. The minimum absolute atomic E-state index is 0.00113. The Balaban J connectivity index is 1.30. The van der Waals surface area contributed by atoms with Gasteiger partial charge >= 0.3 is 12.1 Å². The maximum Gasteiger partial charge on any atom is 0.410 e. The molecule has 11 heteroatoms. The molecule has 0 N–H and O–H groups in total. The zero-order chi connectivity index (χ0) is 22.5. The summed E-state index contributed by atoms with van der Waals surface area (Å²) in [5, 5.41) is 0.511. The van der Waals surface area contributed by atoms with Crippen molar-refractivity contribution in [3.63, 3.8) is 0 Å². The zero-order valence-electron chi connectivity index (χ0n) is 17.5. The number of esters is 1. The lowest BCUT2D eigenvalue weighted by molar-refractivity contribution is -0.146. The molecular formula is C21H23N5O5S. The fourth-order valence-electron chi connectivity index (χ4n) is 3.83. The standard InChI is InChI=1S/C21H23N5O5S/c1-30-19(28)17-12-31-21(29)26(17)14-6-10-25(11-7-14)18(27)13-32-20-23-9-5-16(24-20)15-4-2-3-8-22-15/h2-5,8-9,14,17H,6-7,10-13H2,1H3. The molecule has 2 saturated heterocycles. The number of pyridine rings is 1. The molecule has 0 bridgehead atoms. The summed E-state index contributed by atoms with van der Waals surface area (Å²) < 4.78 is 9.82. The quantitative estimate of drug-likeness (QED) is 0.362. The van der Waals surface area contributed by atoms with Crippen LogP contribution in [0.5, 0.6) is 0 Å². The molecule has 32 heavy (non-hydrogen) atoms. The summed E-state index contributed by atoms with van der Waals surface area (Å²) >= 11 is 1.28. The number of amides is 2. The Morgan fingerprint density at radius 1 is 1.16 bits per heavy atom. The second-order valence-corrected chi connectivity index (χ2v) is 8.31. The van der Waals surface area contributed by atoms with Crippen LogP contribution in [0.3, 0.4) is 0 Å². The Kier molecular flexibility index (Phi) is 6.84. The molecule has 0 radical (unpaired) electrons. The molecule has 0 aliphatic carbocycles. The Morgan fingerprint density at radius 3 is 2.69 bits per heavy atom. The van der Waals surface area contributed by atoms with Crippen LogP contribution in [0.15, 0.2) is 41.8 Å². The average Bonchev–Trinajstić information content (AvgIpc) is 3.24. The first-order valence-corrected chi connectivity index (χ1v) is 11.2. The van der Waals surface area contributed by atoms with Crippen LogP contribution in [-0.4, -0.2) is 87.4 Å². The van der Waals surface area contributed by atoms with Gasteiger partial charge in [-0.05, 0) is 31.0 Å². The van der Waals surface area contributed by atoms with Gasteiger partial charge in [0.2, 0.25) is 5.91 Å². The number of carbonyl (C=O) groups excluding carboxylic acids is 3. The average molecular weight is 458 g/mol. The highest BCUT2D eigenvalue weighted by atomic mass is 32.2. The monoisotopic (exact) mass is 457 g/mol. The predicted molar refractivity (Wildman–Crippen MR) is 115 cm³/mol. The van der Waals surface area contributed by atoms with Crippen LogP contribution in [0.4, 0.5) is 4.79 Å². The van der Waals surface area contributed by atoms with Gasteiger partial charge in [-0.25, -0.2) is 19.6 Å². The molecule has 2 aromatic rings. The van der Waals surface area contributed by atoms with Crippen molar-refractivity contribution in [1.29, 1.82) is 0 Å². The van der Waals surface area contributed by atoms with E-state index in [4.69, 9.17) is 9.47 Å². The summed E-state index contributed by atoms with van der Waals surface area (Å²) in [4.78, 5) is 53.0. The van der Waals surface area contributed by atoms with Crippen molar-refractivity contribution in [2.24, 2.45) is 0 Å². The minimum atomic E-state index is -0.723. The first-order chi connectivity index (χ1) is 15.6. The van der Waals surface area contributed by atoms with E-state index in [-0.39, 0.29) is 24.3 Å². The SMILES string of the molecule is COC(=O)C1COC(=O)N1C1CCN(C(=O)CSc2nccc(-c3ccccn3)n2)CC1. The number of nitrogens with zero attached hydrogens (tertiary/aromatic N) is 5. The number of thioether (sulfide) groups is 1. The van der Waals surface area contributed by atoms with Gasteiger partial charge in [0.25, 0.3) is 0 Å². The van der Waals surface area contributed by atoms with Gasteiger partial charge < -0.3 is 14.4 Å². The van der Waals surface area contributed by atoms with E-state index in [2.05, 4.69) is 15.0 Å². The third kappa shape index (κ3) is 4.82. The third-order valence-corrected chi connectivity index (χ3v) is 6.33. The van der Waals surface area contributed by atoms with Gasteiger partial charge in [-0.2, -0.15) is 0 Å². The molecule has 0 aromatic carbocycles. The maximum absolute atomic E-state index is 12.7. The maximum atomic E-state index is 12.7. The van der Waals surface area contributed by atoms with Gasteiger partial charge in [0.15, 0.2) is 11.2 Å². The lowest BCUT2D eigenvalue weighted by atomic mass is 10.0. The highest BCUT2D eigenvalue weighted by Gasteiger charge is 2.44. The molecule has 0 saturated carbocycles. The highest BCUT2D eigenvalue weighted by Crippen LogP contribution is 2.25. The molecule has 4 rings (SSSR count). The van der Waals surface area contributed by atoms with Crippen molar-refractivity contribution >= 4 is 29.7 Å². The van der Waals surface area contributed by atoms with Crippen molar-refractivity contribution in [2.45, 2.75) is 30.1 Å². The summed E-state index contributed by atoms with van der Waals surface area (Å²) in [6, 6.07) is 6.49. The number of rotatable bonds is 6. The number of hydrogen-bond donors (Lipinski definition) is 0. The van der Waals surface area contributed by atoms with E-state index in [0.717, 1.165) is 5.69 Å². The van der Waals surface area contributed by atoms with Crippen LogP contribution >= 0.6 is 11.8 Å². The normalized spacial score (nSPS) is 19.0. The number of hydrogen-bond acceptors (Lipinski definition) is 9. The highest BCUT2D eigenvalue weighted by molar-refractivity contribution is 7.99. The molecular weight excluding hydrogens is 434 g/mol. The fraction of sp³-hybridized carbons (Fsp3) is 0.429. The lowest BCUT2D eigenvalue weighted by Gasteiger charge is -2.37. The van der Waals surface area contributed by atoms with Crippen LogP contribution in [0.25, 0.3) is 11.4 Å². The molecule has 168 valence electrons. The van der Waals surface area contributed by atoms with E-state index in [1.54, 1.807) is 23.4 Å². The summed E-state index contributed by atoms with van der Waals surface area (Å²) in [6.45, 7) is 0.992. The zero-order valence-corrected chi connectivity index (χ0v) is 18.4. The van der Waals surface area contributed by atoms with Crippen LogP contribution in [0.1, 0.15) is 12.8 Å².